The Bertz CT molecular complexity index is 219. The van der Waals surface area contributed by atoms with Crippen molar-refractivity contribution >= 4 is 16.7 Å². The second-order valence-corrected chi connectivity index (χ2v) is 5.85. The minimum Gasteiger partial charge on any atom is -0.353 e. The number of rotatable bonds is 5. The zero-order chi connectivity index (χ0) is 11.3. The van der Waals surface area contributed by atoms with Crippen LogP contribution in [0, 0.1) is 0 Å². The Kier molecular flexibility index (Phi) is 5.95. The summed E-state index contributed by atoms with van der Waals surface area (Å²) in [4.78, 5) is 11.5. The van der Waals surface area contributed by atoms with Crippen LogP contribution in [0.1, 0.15) is 27.7 Å². The monoisotopic (exact) mass is 220 g/mol. The number of nitrogens with one attached hydrogen (secondary N) is 1. The van der Waals surface area contributed by atoms with Crippen LogP contribution in [0.5, 0.6) is 0 Å². The first-order valence-electron chi connectivity index (χ1n) is 4.80. The molecule has 4 nitrogen and oxygen atoms in total. The third-order valence-electron chi connectivity index (χ3n) is 1.88. The smallest absolute Gasteiger partial charge is 0.235 e. The van der Waals surface area contributed by atoms with Gasteiger partial charge in [0.15, 0.2) is 0 Å². The van der Waals surface area contributed by atoms with Crippen molar-refractivity contribution in [1.29, 1.82) is 0 Å². The Labute approximate surface area is 88.1 Å². The van der Waals surface area contributed by atoms with Gasteiger partial charge < -0.3 is 11.1 Å². The molecule has 14 heavy (non-hydrogen) atoms. The van der Waals surface area contributed by atoms with Gasteiger partial charge in [-0.2, -0.15) is 0 Å². The number of nitrogens with two attached hydrogens (primary N) is 1. The van der Waals surface area contributed by atoms with E-state index in [2.05, 4.69) is 5.32 Å². The third kappa shape index (κ3) is 4.19. The molecule has 0 saturated heterocycles. The summed E-state index contributed by atoms with van der Waals surface area (Å²) < 4.78 is 11.7. The summed E-state index contributed by atoms with van der Waals surface area (Å²) in [6, 6.07) is 0.0788. The first-order valence-corrected chi connectivity index (χ1v) is 6.07. The lowest BCUT2D eigenvalue weighted by molar-refractivity contribution is -0.120. The lowest BCUT2D eigenvalue weighted by Gasteiger charge is -2.17. The summed E-state index contributed by atoms with van der Waals surface area (Å²) in [5.74, 6) is -0.168. The minimum absolute atomic E-state index is 0.0788. The standard InChI is InChI=1S/C9H20N2O2S/c1-6(2)11-9(12)8(4)14(13)7(3)5-10/h6-8H,5,10H2,1-4H3,(H,11,12). The average molecular weight is 220 g/mol. The Hall–Kier alpha value is -0.420. The van der Waals surface area contributed by atoms with Gasteiger partial charge in [-0.05, 0) is 27.7 Å². The third-order valence-corrected chi connectivity index (χ3v) is 3.77. The molecular weight excluding hydrogens is 200 g/mol. The molecule has 3 atom stereocenters. The number of hydrogen-bond acceptors (Lipinski definition) is 3. The minimum atomic E-state index is -1.19. The van der Waals surface area contributed by atoms with Gasteiger partial charge in [0.25, 0.3) is 0 Å². The van der Waals surface area contributed by atoms with E-state index >= 15 is 0 Å². The van der Waals surface area contributed by atoms with Crippen molar-refractivity contribution in [3.63, 3.8) is 0 Å². The van der Waals surface area contributed by atoms with E-state index in [1.165, 1.54) is 0 Å². The maximum atomic E-state index is 11.7. The highest BCUT2D eigenvalue weighted by molar-refractivity contribution is 7.87. The lowest BCUT2D eigenvalue weighted by atomic mass is 10.3. The maximum Gasteiger partial charge on any atom is 0.235 e. The van der Waals surface area contributed by atoms with Crippen molar-refractivity contribution in [2.45, 2.75) is 44.2 Å². The topological polar surface area (TPSA) is 72.2 Å². The van der Waals surface area contributed by atoms with E-state index < -0.39 is 16.0 Å². The van der Waals surface area contributed by atoms with Gasteiger partial charge in [0.05, 0.1) is 0 Å². The molecule has 0 aromatic rings. The van der Waals surface area contributed by atoms with Gasteiger partial charge in [0.1, 0.15) is 5.25 Å². The molecule has 0 heterocycles. The zero-order valence-electron chi connectivity index (χ0n) is 9.24. The number of carbonyl (C=O) groups is 1. The van der Waals surface area contributed by atoms with Gasteiger partial charge in [0.2, 0.25) is 5.91 Å². The van der Waals surface area contributed by atoms with Gasteiger partial charge in [-0.25, -0.2) is 0 Å². The molecule has 5 heteroatoms. The summed E-state index contributed by atoms with van der Waals surface area (Å²) >= 11 is 0. The summed E-state index contributed by atoms with van der Waals surface area (Å²) in [6.45, 7) is 7.54. The van der Waals surface area contributed by atoms with Crippen molar-refractivity contribution in [3.05, 3.63) is 0 Å². The van der Waals surface area contributed by atoms with Crippen molar-refractivity contribution in [3.8, 4) is 0 Å². The Balaban J connectivity index is 4.24. The molecule has 84 valence electrons. The second kappa shape index (κ2) is 6.14. The molecule has 0 spiro atoms. The molecule has 0 fully saturated rings. The summed E-state index contributed by atoms with van der Waals surface area (Å²) in [6.07, 6.45) is 0. The van der Waals surface area contributed by atoms with Crippen LogP contribution in [-0.2, 0) is 15.6 Å². The van der Waals surface area contributed by atoms with E-state index in [0.29, 0.717) is 6.54 Å². The number of amides is 1. The van der Waals surface area contributed by atoms with Gasteiger partial charge in [0, 0.05) is 28.6 Å². The number of carbonyl (C=O) groups excluding carboxylic acids is 1. The van der Waals surface area contributed by atoms with Crippen LogP contribution in [0.3, 0.4) is 0 Å². The van der Waals surface area contributed by atoms with E-state index in [-0.39, 0.29) is 17.2 Å². The van der Waals surface area contributed by atoms with E-state index in [9.17, 15) is 9.00 Å². The van der Waals surface area contributed by atoms with E-state index in [4.69, 9.17) is 5.73 Å². The average Bonchev–Trinajstić information content (AvgIpc) is 2.13. The Morgan fingerprint density at radius 2 is 1.86 bits per heavy atom. The van der Waals surface area contributed by atoms with Gasteiger partial charge in [-0.15, -0.1) is 0 Å². The quantitative estimate of drug-likeness (QED) is 0.685. The molecule has 0 bridgehead atoms. The maximum absolute atomic E-state index is 11.7. The molecule has 0 aliphatic rings. The molecule has 0 saturated carbocycles. The van der Waals surface area contributed by atoms with Crippen LogP contribution in [-0.4, -0.2) is 33.2 Å². The fraction of sp³-hybridized carbons (Fsp3) is 0.889. The van der Waals surface area contributed by atoms with E-state index in [1.54, 1.807) is 13.8 Å². The van der Waals surface area contributed by atoms with E-state index in [0.717, 1.165) is 0 Å². The van der Waals surface area contributed by atoms with Crippen LogP contribution in [0.2, 0.25) is 0 Å². The van der Waals surface area contributed by atoms with Crippen molar-refractivity contribution in [1.82, 2.24) is 5.32 Å². The molecule has 3 unspecified atom stereocenters. The van der Waals surface area contributed by atoms with Crippen LogP contribution in [0.4, 0.5) is 0 Å². The molecule has 0 aromatic heterocycles. The lowest BCUT2D eigenvalue weighted by Crippen LogP contribution is -2.42. The van der Waals surface area contributed by atoms with Crippen LogP contribution >= 0.6 is 0 Å². The second-order valence-electron chi connectivity index (χ2n) is 3.68. The van der Waals surface area contributed by atoms with Crippen LogP contribution in [0.25, 0.3) is 0 Å². The summed E-state index contributed by atoms with van der Waals surface area (Å²) in [5.41, 5.74) is 5.39. The van der Waals surface area contributed by atoms with Crippen molar-refractivity contribution in [2.24, 2.45) is 5.73 Å². The fourth-order valence-electron chi connectivity index (χ4n) is 0.951. The summed E-state index contributed by atoms with van der Waals surface area (Å²) in [7, 11) is -1.19. The fourth-order valence-corrected chi connectivity index (χ4v) is 2.12. The first kappa shape index (κ1) is 13.6. The van der Waals surface area contributed by atoms with Gasteiger partial charge in [-0.3, -0.25) is 9.00 Å². The highest BCUT2D eigenvalue weighted by Crippen LogP contribution is 2.03. The Morgan fingerprint density at radius 1 is 1.36 bits per heavy atom. The van der Waals surface area contributed by atoms with Crippen molar-refractivity contribution < 1.29 is 9.00 Å². The molecule has 0 aliphatic carbocycles. The molecule has 1 amide bonds. The van der Waals surface area contributed by atoms with Gasteiger partial charge >= 0.3 is 0 Å². The predicted octanol–water partition coefficient (Wildman–Crippen LogP) is -0.00460. The predicted molar refractivity (Wildman–Crippen MR) is 59.4 cm³/mol. The molecular formula is C9H20N2O2S. The highest BCUT2D eigenvalue weighted by Gasteiger charge is 2.23. The molecule has 3 N–H and O–H groups in total. The SMILES string of the molecule is CC(C)NC(=O)C(C)S(=O)C(C)CN. The van der Waals surface area contributed by atoms with Crippen molar-refractivity contribution in [2.75, 3.05) is 6.54 Å². The van der Waals surface area contributed by atoms with Crippen LogP contribution < -0.4 is 11.1 Å². The molecule has 0 radical (unpaired) electrons. The molecule has 0 rings (SSSR count). The highest BCUT2D eigenvalue weighted by atomic mass is 32.2. The number of hydrogen-bond donors (Lipinski definition) is 2. The van der Waals surface area contributed by atoms with Gasteiger partial charge in [-0.1, -0.05) is 0 Å². The molecule has 0 aliphatic heterocycles. The first-order chi connectivity index (χ1) is 6.40. The van der Waals surface area contributed by atoms with Crippen LogP contribution in [0.15, 0.2) is 0 Å². The summed E-state index contributed by atoms with van der Waals surface area (Å²) in [5, 5.41) is 2.10. The zero-order valence-corrected chi connectivity index (χ0v) is 10.1. The largest absolute Gasteiger partial charge is 0.353 e. The normalized spacial score (nSPS) is 17.6. The van der Waals surface area contributed by atoms with E-state index in [1.807, 2.05) is 13.8 Å². The Morgan fingerprint density at radius 3 is 2.21 bits per heavy atom. The molecule has 0 aromatic carbocycles.